The van der Waals surface area contributed by atoms with Crippen LogP contribution in [0.1, 0.15) is 23.7 Å². The van der Waals surface area contributed by atoms with Crippen LogP contribution in [0.4, 0.5) is 8.78 Å². The third-order valence-corrected chi connectivity index (χ3v) is 4.58. The summed E-state index contributed by atoms with van der Waals surface area (Å²) >= 11 is 0. The Kier molecular flexibility index (Phi) is 6.13. The number of hydrogen-bond acceptors (Lipinski definition) is 3. The summed E-state index contributed by atoms with van der Waals surface area (Å²) in [6, 6.07) is 13.2. The predicted octanol–water partition coefficient (Wildman–Crippen LogP) is 3.54. The molecule has 1 aliphatic rings. The lowest BCUT2D eigenvalue weighted by Crippen LogP contribution is -2.27. The van der Waals surface area contributed by atoms with Crippen LogP contribution in [0.3, 0.4) is 0 Å². The molecule has 134 valence electrons. The van der Waals surface area contributed by atoms with Crippen LogP contribution in [-0.2, 0) is 11.3 Å². The maximum atomic E-state index is 13.7. The molecule has 5 heteroatoms. The highest BCUT2D eigenvalue weighted by Gasteiger charge is 2.25. The van der Waals surface area contributed by atoms with Gasteiger partial charge in [0.05, 0.1) is 19.3 Å². The minimum absolute atomic E-state index is 0.0174. The summed E-state index contributed by atoms with van der Waals surface area (Å²) in [5, 5.41) is 10.2. The summed E-state index contributed by atoms with van der Waals surface area (Å²) in [5.41, 5.74) is 1.16. The quantitative estimate of drug-likeness (QED) is 0.832. The van der Waals surface area contributed by atoms with Crippen molar-refractivity contribution in [1.29, 1.82) is 0 Å². The first-order chi connectivity index (χ1) is 12.1. The van der Waals surface area contributed by atoms with Crippen molar-refractivity contribution >= 4 is 0 Å². The zero-order valence-electron chi connectivity index (χ0n) is 14.1. The Morgan fingerprint density at radius 3 is 2.76 bits per heavy atom. The van der Waals surface area contributed by atoms with E-state index in [9.17, 15) is 13.9 Å². The number of β-amino-alcohol motifs (C(OH)–C–C–N with tert-alkyl or cyclic N) is 1. The molecular weight excluding hydrogens is 324 g/mol. The van der Waals surface area contributed by atoms with E-state index in [-0.39, 0.29) is 5.56 Å². The van der Waals surface area contributed by atoms with Crippen LogP contribution in [0.25, 0.3) is 0 Å². The van der Waals surface area contributed by atoms with Gasteiger partial charge in [0.25, 0.3) is 0 Å². The van der Waals surface area contributed by atoms with E-state index in [1.807, 2.05) is 30.3 Å². The summed E-state index contributed by atoms with van der Waals surface area (Å²) in [4.78, 5) is 2.07. The van der Waals surface area contributed by atoms with Crippen LogP contribution in [0.5, 0.6) is 0 Å². The maximum absolute atomic E-state index is 13.7. The molecule has 1 saturated heterocycles. The maximum Gasteiger partial charge on any atom is 0.129 e. The molecule has 0 radical (unpaired) electrons. The Morgan fingerprint density at radius 2 is 1.96 bits per heavy atom. The minimum Gasteiger partial charge on any atom is -0.387 e. The Morgan fingerprint density at radius 1 is 1.16 bits per heavy atom. The molecule has 25 heavy (non-hydrogen) atoms. The van der Waals surface area contributed by atoms with Crippen LogP contribution in [0, 0.1) is 17.6 Å². The highest BCUT2D eigenvalue weighted by atomic mass is 19.1. The average molecular weight is 347 g/mol. The molecule has 1 aliphatic heterocycles. The van der Waals surface area contributed by atoms with Crippen LogP contribution >= 0.6 is 0 Å². The number of rotatable bonds is 7. The zero-order valence-corrected chi connectivity index (χ0v) is 14.1. The van der Waals surface area contributed by atoms with Crippen LogP contribution in [0.2, 0.25) is 0 Å². The van der Waals surface area contributed by atoms with Gasteiger partial charge in [-0.2, -0.15) is 0 Å². The third kappa shape index (κ3) is 5.08. The Balaban J connectivity index is 1.44. The molecule has 3 rings (SSSR count). The van der Waals surface area contributed by atoms with E-state index >= 15 is 0 Å². The summed E-state index contributed by atoms with van der Waals surface area (Å²) in [6.45, 7) is 3.18. The predicted molar refractivity (Wildman–Crippen MR) is 92.0 cm³/mol. The van der Waals surface area contributed by atoms with Crippen molar-refractivity contribution in [3.63, 3.8) is 0 Å². The van der Waals surface area contributed by atoms with Crippen LogP contribution < -0.4 is 0 Å². The van der Waals surface area contributed by atoms with E-state index in [4.69, 9.17) is 4.74 Å². The van der Waals surface area contributed by atoms with E-state index < -0.39 is 17.7 Å². The van der Waals surface area contributed by atoms with Gasteiger partial charge >= 0.3 is 0 Å². The lowest BCUT2D eigenvalue weighted by atomic mass is 10.1. The average Bonchev–Trinajstić information content (AvgIpc) is 3.05. The second-order valence-electron chi connectivity index (χ2n) is 6.60. The molecule has 0 amide bonds. The van der Waals surface area contributed by atoms with Gasteiger partial charge in [-0.25, -0.2) is 8.78 Å². The SMILES string of the molecule is OC(CN1CCC(COCc2ccccc2)C1)c1cc(F)ccc1F. The molecule has 0 aromatic heterocycles. The van der Waals surface area contributed by atoms with Crippen molar-refractivity contribution in [2.75, 3.05) is 26.2 Å². The molecule has 0 bridgehead atoms. The molecule has 1 N–H and O–H groups in total. The van der Waals surface area contributed by atoms with Gasteiger partial charge in [0.2, 0.25) is 0 Å². The van der Waals surface area contributed by atoms with Crippen molar-refractivity contribution in [1.82, 2.24) is 4.90 Å². The van der Waals surface area contributed by atoms with Gasteiger partial charge in [-0.1, -0.05) is 30.3 Å². The van der Waals surface area contributed by atoms with E-state index in [0.29, 0.717) is 25.7 Å². The monoisotopic (exact) mass is 347 g/mol. The number of nitrogens with zero attached hydrogens (tertiary/aromatic N) is 1. The number of benzene rings is 2. The molecule has 3 nitrogen and oxygen atoms in total. The molecule has 2 aromatic rings. The van der Waals surface area contributed by atoms with Crippen LogP contribution in [0.15, 0.2) is 48.5 Å². The molecular formula is C20H23F2NO2. The summed E-state index contributed by atoms with van der Waals surface area (Å²) in [5.74, 6) is -0.715. The number of ether oxygens (including phenoxy) is 1. The third-order valence-electron chi connectivity index (χ3n) is 4.58. The lowest BCUT2D eigenvalue weighted by molar-refractivity contribution is 0.0826. The molecule has 2 atom stereocenters. The topological polar surface area (TPSA) is 32.7 Å². The van der Waals surface area contributed by atoms with Gasteiger partial charge in [-0.15, -0.1) is 0 Å². The van der Waals surface area contributed by atoms with Gasteiger partial charge in [0.15, 0.2) is 0 Å². The number of likely N-dealkylation sites (tertiary alicyclic amines) is 1. The van der Waals surface area contributed by atoms with Crippen molar-refractivity contribution in [3.05, 3.63) is 71.3 Å². The van der Waals surface area contributed by atoms with Gasteiger partial charge in [0, 0.05) is 18.7 Å². The first-order valence-electron chi connectivity index (χ1n) is 8.59. The summed E-state index contributed by atoms with van der Waals surface area (Å²) in [6.07, 6.45) is -0.0488. The number of aliphatic hydroxyl groups is 1. The Labute approximate surface area is 146 Å². The number of hydrogen-bond donors (Lipinski definition) is 1. The van der Waals surface area contributed by atoms with Crippen molar-refractivity contribution in [2.45, 2.75) is 19.1 Å². The molecule has 2 aromatic carbocycles. The van der Waals surface area contributed by atoms with E-state index in [0.717, 1.165) is 43.3 Å². The van der Waals surface area contributed by atoms with E-state index in [1.54, 1.807) is 0 Å². The smallest absolute Gasteiger partial charge is 0.129 e. The van der Waals surface area contributed by atoms with Crippen molar-refractivity contribution < 1.29 is 18.6 Å². The molecule has 0 aliphatic carbocycles. The van der Waals surface area contributed by atoms with Gasteiger partial charge in [-0.05, 0) is 42.6 Å². The van der Waals surface area contributed by atoms with Crippen molar-refractivity contribution in [2.24, 2.45) is 5.92 Å². The van der Waals surface area contributed by atoms with Gasteiger partial charge in [0.1, 0.15) is 11.6 Å². The second kappa shape index (κ2) is 8.52. The largest absolute Gasteiger partial charge is 0.387 e. The first kappa shape index (κ1) is 18.0. The zero-order chi connectivity index (χ0) is 17.6. The standard InChI is InChI=1S/C20H23F2NO2/c21-17-6-7-19(22)18(10-17)20(24)12-23-9-8-16(11-23)14-25-13-15-4-2-1-3-5-15/h1-7,10,16,20,24H,8-9,11-14H2. The molecule has 0 saturated carbocycles. The van der Waals surface area contributed by atoms with Crippen LogP contribution in [-0.4, -0.2) is 36.2 Å². The fourth-order valence-corrected chi connectivity index (χ4v) is 3.25. The Bertz CT molecular complexity index is 681. The molecule has 1 fully saturated rings. The molecule has 2 unspecified atom stereocenters. The first-order valence-corrected chi connectivity index (χ1v) is 8.59. The van der Waals surface area contributed by atoms with Gasteiger partial charge in [-0.3, -0.25) is 0 Å². The van der Waals surface area contributed by atoms with E-state index in [1.165, 1.54) is 0 Å². The van der Waals surface area contributed by atoms with E-state index in [2.05, 4.69) is 4.90 Å². The fourth-order valence-electron chi connectivity index (χ4n) is 3.25. The van der Waals surface area contributed by atoms with Crippen molar-refractivity contribution in [3.8, 4) is 0 Å². The Hall–Kier alpha value is -1.82. The number of halogens is 2. The van der Waals surface area contributed by atoms with Gasteiger partial charge < -0.3 is 14.7 Å². The molecule has 1 heterocycles. The minimum atomic E-state index is -1.03. The fraction of sp³-hybridized carbons (Fsp3) is 0.400. The lowest BCUT2D eigenvalue weighted by Gasteiger charge is -2.21. The summed E-state index contributed by atoms with van der Waals surface area (Å²) in [7, 11) is 0. The highest BCUT2D eigenvalue weighted by molar-refractivity contribution is 5.21. The second-order valence-corrected chi connectivity index (χ2v) is 6.60. The molecule has 0 spiro atoms. The highest BCUT2D eigenvalue weighted by Crippen LogP contribution is 2.23. The normalized spacial score (nSPS) is 19.2. The summed E-state index contributed by atoms with van der Waals surface area (Å²) < 4.78 is 32.8. The number of aliphatic hydroxyl groups excluding tert-OH is 1.